The molecule has 1 heterocycles. The summed E-state index contributed by atoms with van der Waals surface area (Å²) in [6.45, 7) is 0.567. The Balaban J connectivity index is 1.71. The van der Waals surface area contributed by atoms with Crippen molar-refractivity contribution >= 4 is 27.5 Å². The van der Waals surface area contributed by atoms with Gasteiger partial charge in [0.1, 0.15) is 0 Å². The Morgan fingerprint density at radius 2 is 2.04 bits per heavy atom. The first-order valence-corrected chi connectivity index (χ1v) is 8.81. The summed E-state index contributed by atoms with van der Waals surface area (Å²) in [5.74, 6) is 0.737. The van der Waals surface area contributed by atoms with E-state index in [0.717, 1.165) is 33.3 Å². The number of carbonyl (C=O) groups excluding carboxylic acids is 1. The maximum Gasteiger partial charge on any atom is 0.258 e. The lowest BCUT2D eigenvalue weighted by Crippen LogP contribution is -2.38. The van der Waals surface area contributed by atoms with Gasteiger partial charge in [-0.15, -0.1) is 0 Å². The van der Waals surface area contributed by atoms with Crippen LogP contribution in [0, 0.1) is 0 Å². The summed E-state index contributed by atoms with van der Waals surface area (Å²) in [4.78, 5) is 14.7. The van der Waals surface area contributed by atoms with E-state index in [1.54, 1.807) is 4.90 Å². The van der Waals surface area contributed by atoms with Crippen molar-refractivity contribution in [3.8, 4) is 0 Å². The molecule has 1 aliphatic carbocycles. The van der Waals surface area contributed by atoms with Crippen molar-refractivity contribution in [1.29, 1.82) is 0 Å². The van der Waals surface area contributed by atoms with Crippen molar-refractivity contribution in [2.75, 3.05) is 11.4 Å². The van der Waals surface area contributed by atoms with Gasteiger partial charge >= 0.3 is 0 Å². The van der Waals surface area contributed by atoms with Crippen LogP contribution >= 0.6 is 15.9 Å². The number of rotatable bonds is 3. The highest BCUT2D eigenvalue weighted by molar-refractivity contribution is 9.10. The Morgan fingerprint density at radius 3 is 2.78 bits per heavy atom. The van der Waals surface area contributed by atoms with Crippen LogP contribution in [0.4, 0.5) is 5.69 Å². The lowest BCUT2D eigenvalue weighted by molar-refractivity contribution is 0.0980. The molecule has 1 amide bonds. The molecule has 1 saturated carbocycles. The molecule has 23 heavy (non-hydrogen) atoms. The highest BCUT2D eigenvalue weighted by atomic mass is 79.9. The molecular weight excluding hydrogens is 354 g/mol. The van der Waals surface area contributed by atoms with Crippen molar-refractivity contribution in [3.63, 3.8) is 0 Å². The summed E-state index contributed by atoms with van der Waals surface area (Å²) in [6, 6.07) is 12.0. The lowest BCUT2D eigenvalue weighted by atomic mass is 9.94. The largest absolute Gasteiger partial charge is 0.392 e. The number of carbonyl (C=O) groups is 1. The molecule has 0 saturated heterocycles. The van der Waals surface area contributed by atoms with Gasteiger partial charge in [-0.3, -0.25) is 4.79 Å². The SMILES string of the molecule is O=C1c2ccc(C3CC3)cc2CCN1c1cccc(Br)c1CO. The third kappa shape index (κ3) is 2.60. The first kappa shape index (κ1) is 14.9. The first-order valence-electron chi connectivity index (χ1n) is 8.02. The van der Waals surface area contributed by atoms with Gasteiger partial charge in [0, 0.05) is 22.1 Å². The van der Waals surface area contributed by atoms with E-state index in [0.29, 0.717) is 12.5 Å². The third-order valence-corrected chi connectivity index (χ3v) is 5.54. The average Bonchev–Trinajstić information content (AvgIpc) is 3.40. The number of halogens is 1. The van der Waals surface area contributed by atoms with E-state index in [9.17, 15) is 9.90 Å². The molecule has 0 spiro atoms. The maximum atomic E-state index is 12.9. The molecule has 0 radical (unpaired) electrons. The van der Waals surface area contributed by atoms with E-state index < -0.39 is 0 Å². The second-order valence-corrected chi connectivity index (χ2v) is 7.15. The summed E-state index contributed by atoms with van der Waals surface area (Å²) in [5, 5.41) is 9.65. The van der Waals surface area contributed by atoms with Gasteiger partial charge in [0.05, 0.1) is 12.3 Å². The van der Waals surface area contributed by atoms with Crippen LogP contribution in [0.15, 0.2) is 40.9 Å². The molecule has 1 aliphatic heterocycles. The number of aliphatic hydroxyl groups excluding tert-OH is 1. The molecule has 4 rings (SSSR count). The summed E-state index contributed by atoms with van der Waals surface area (Å²) in [5.41, 5.74) is 4.90. The van der Waals surface area contributed by atoms with Crippen molar-refractivity contribution in [2.24, 2.45) is 0 Å². The maximum absolute atomic E-state index is 12.9. The number of nitrogens with zero attached hydrogens (tertiary/aromatic N) is 1. The summed E-state index contributed by atoms with van der Waals surface area (Å²) < 4.78 is 0.833. The molecule has 0 aromatic heterocycles. The molecule has 2 aromatic carbocycles. The molecule has 2 aliphatic rings. The highest BCUT2D eigenvalue weighted by Crippen LogP contribution is 2.41. The van der Waals surface area contributed by atoms with E-state index in [2.05, 4.69) is 28.1 Å². The zero-order valence-electron chi connectivity index (χ0n) is 12.8. The fourth-order valence-corrected chi connectivity index (χ4v) is 3.85. The minimum Gasteiger partial charge on any atom is -0.392 e. The van der Waals surface area contributed by atoms with Gasteiger partial charge in [-0.1, -0.05) is 34.1 Å². The quantitative estimate of drug-likeness (QED) is 0.884. The molecule has 0 unspecified atom stereocenters. The topological polar surface area (TPSA) is 40.5 Å². The number of benzene rings is 2. The van der Waals surface area contributed by atoms with E-state index in [4.69, 9.17) is 0 Å². The van der Waals surface area contributed by atoms with Gasteiger partial charge in [0.15, 0.2) is 0 Å². The summed E-state index contributed by atoms with van der Waals surface area (Å²) >= 11 is 3.46. The van der Waals surface area contributed by atoms with Gasteiger partial charge in [0.25, 0.3) is 5.91 Å². The Hall–Kier alpha value is -1.65. The molecule has 0 atom stereocenters. The molecule has 118 valence electrons. The van der Waals surface area contributed by atoms with E-state index in [1.165, 1.54) is 18.4 Å². The molecule has 2 aromatic rings. The first-order chi connectivity index (χ1) is 11.2. The van der Waals surface area contributed by atoms with Crippen molar-refractivity contribution in [1.82, 2.24) is 0 Å². The number of amides is 1. The van der Waals surface area contributed by atoms with Gasteiger partial charge in [-0.2, -0.15) is 0 Å². The zero-order valence-corrected chi connectivity index (χ0v) is 14.3. The Kier molecular flexibility index (Phi) is 3.74. The van der Waals surface area contributed by atoms with Gasteiger partial charge in [0.2, 0.25) is 0 Å². The normalized spacial score (nSPS) is 17.3. The number of aliphatic hydroxyl groups is 1. The number of hydrogen-bond donors (Lipinski definition) is 1. The van der Waals surface area contributed by atoms with Crippen LogP contribution in [0.5, 0.6) is 0 Å². The third-order valence-electron chi connectivity index (χ3n) is 4.80. The molecule has 1 N–H and O–H groups in total. The Bertz CT molecular complexity index is 783. The monoisotopic (exact) mass is 371 g/mol. The van der Waals surface area contributed by atoms with Crippen LogP contribution in [0.1, 0.15) is 45.8 Å². The van der Waals surface area contributed by atoms with Crippen LogP contribution < -0.4 is 4.90 Å². The van der Waals surface area contributed by atoms with Crippen LogP contribution in [-0.2, 0) is 13.0 Å². The highest BCUT2D eigenvalue weighted by Gasteiger charge is 2.29. The van der Waals surface area contributed by atoms with Crippen molar-refractivity contribution < 1.29 is 9.90 Å². The zero-order chi connectivity index (χ0) is 16.0. The molecule has 3 nitrogen and oxygen atoms in total. The van der Waals surface area contributed by atoms with Crippen LogP contribution in [0.2, 0.25) is 0 Å². The number of anilines is 1. The van der Waals surface area contributed by atoms with Gasteiger partial charge < -0.3 is 10.0 Å². The molecular formula is C19H18BrNO2. The predicted octanol–water partition coefficient (Wildman–Crippen LogP) is 4.02. The minimum atomic E-state index is -0.0893. The standard InChI is InChI=1S/C19H18BrNO2/c20-17-2-1-3-18(16(17)11-22)21-9-8-14-10-13(12-4-5-12)6-7-15(14)19(21)23/h1-3,6-7,10,12,22H,4-5,8-9,11H2. The van der Waals surface area contributed by atoms with Crippen LogP contribution in [-0.4, -0.2) is 17.6 Å². The molecule has 4 heteroatoms. The minimum absolute atomic E-state index is 0.0291. The predicted molar refractivity (Wildman–Crippen MR) is 93.9 cm³/mol. The van der Waals surface area contributed by atoms with Crippen LogP contribution in [0.3, 0.4) is 0 Å². The van der Waals surface area contributed by atoms with E-state index >= 15 is 0 Å². The Morgan fingerprint density at radius 1 is 1.22 bits per heavy atom. The van der Waals surface area contributed by atoms with Crippen molar-refractivity contribution in [2.45, 2.75) is 31.8 Å². The van der Waals surface area contributed by atoms with Gasteiger partial charge in [-0.05, 0) is 54.5 Å². The van der Waals surface area contributed by atoms with Gasteiger partial charge in [-0.25, -0.2) is 0 Å². The van der Waals surface area contributed by atoms with E-state index in [1.807, 2.05) is 24.3 Å². The second-order valence-electron chi connectivity index (χ2n) is 6.29. The second kappa shape index (κ2) is 5.77. The van der Waals surface area contributed by atoms with E-state index in [-0.39, 0.29) is 12.5 Å². The number of fused-ring (bicyclic) bond motifs is 1. The number of hydrogen-bond acceptors (Lipinski definition) is 2. The fourth-order valence-electron chi connectivity index (χ4n) is 3.37. The van der Waals surface area contributed by atoms with Crippen molar-refractivity contribution in [3.05, 3.63) is 63.1 Å². The fraction of sp³-hybridized carbons (Fsp3) is 0.316. The summed E-state index contributed by atoms with van der Waals surface area (Å²) in [7, 11) is 0. The summed E-state index contributed by atoms with van der Waals surface area (Å²) in [6.07, 6.45) is 3.41. The molecule has 0 bridgehead atoms. The van der Waals surface area contributed by atoms with Crippen LogP contribution in [0.25, 0.3) is 0 Å². The lowest BCUT2D eigenvalue weighted by Gasteiger charge is -2.30. The smallest absolute Gasteiger partial charge is 0.258 e. The Labute approximate surface area is 144 Å². The average molecular weight is 372 g/mol. The molecule has 1 fully saturated rings.